The second-order valence-electron chi connectivity index (χ2n) is 3.07. The average Bonchev–Trinajstić information content (AvgIpc) is 2.47. The lowest BCUT2D eigenvalue weighted by Gasteiger charge is -1.99. The van der Waals surface area contributed by atoms with Crippen LogP contribution in [0.15, 0.2) is 4.47 Å². The van der Waals surface area contributed by atoms with Gasteiger partial charge in [0.2, 0.25) is 0 Å². The Morgan fingerprint density at radius 2 is 2.20 bits per heavy atom. The van der Waals surface area contributed by atoms with E-state index in [0.29, 0.717) is 18.9 Å². The molecule has 0 atom stereocenters. The Morgan fingerprint density at radius 1 is 1.53 bits per heavy atom. The zero-order chi connectivity index (χ0) is 11.4. The van der Waals surface area contributed by atoms with E-state index in [9.17, 15) is 4.79 Å². The first-order valence-corrected chi connectivity index (χ1v) is 5.44. The van der Waals surface area contributed by atoms with E-state index >= 15 is 0 Å². The van der Waals surface area contributed by atoms with Crippen LogP contribution in [0.2, 0.25) is 0 Å². The molecule has 5 heteroatoms. The molecule has 4 nitrogen and oxygen atoms in total. The highest BCUT2D eigenvalue weighted by molar-refractivity contribution is 9.10. The minimum absolute atomic E-state index is 0.335. The van der Waals surface area contributed by atoms with Crippen LogP contribution in [0.5, 0.6) is 0 Å². The molecule has 0 aliphatic carbocycles. The molecule has 1 heterocycles. The summed E-state index contributed by atoms with van der Waals surface area (Å²) in [6.07, 6.45) is 0. The summed E-state index contributed by atoms with van der Waals surface area (Å²) in [6.45, 7) is 4.43. The lowest BCUT2D eigenvalue weighted by molar-refractivity contribution is 0.0519. The van der Waals surface area contributed by atoms with Crippen LogP contribution in [0, 0.1) is 6.92 Å². The van der Waals surface area contributed by atoms with Gasteiger partial charge in [0.1, 0.15) is 5.69 Å². The van der Waals surface area contributed by atoms with Gasteiger partial charge in [-0.25, -0.2) is 4.79 Å². The fourth-order valence-electron chi connectivity index (χ4n) is 1.29. The van der Waals surface area contributed by atoms with E-state index < -0.39 is 0 Å². The van der Waals surface area contributed by atoms with E-state index in [1.165, 1.54) is 0 Å². The number of carbonyl (C=O) groups is 1. The third-order valence-corrected chi connectivity index (χ3v) is 3.09. The first-order valence-electron chi connectivity index (χ1n) is 4.64. The Morgan fingerprint density at radius 3 is 2.73 bits per heavy atom. The van der Waals surface area contributed by atoms with Gasteiger partial charge in [0, 0.05) is 11.6 Å². The zero-order valence-electron chi connectivity index (χ0n) is 9.02. The molecule has 1 rings (SSSR count). The lowest BCUT2D eigenvalue weighted by atomic mass is 10.2. The largest absolute Gasteiger partial charge is 0.461 e. The van der Waals surface area contributed by atoms with Crippen LogP contribution < -0.4 is 0 Å². The molecule has 0 unspecified atom stereocenters. The number of H-pyrrole nitrogens is 1. The minimum Gasteiger partial charge on any atom is -0.461 e. The number of aromatic amines is 1. The van der Waals surface area contributed by atoms with Crippen molar-refractivity contribution in [3.05, 3.63) is 21.4 Å². The highest BCUT2D eigenvalue weighted by Gasteiger charge is 2.18. The number of ether oxygens (including phenoxy) is 2. The van der Waals surface area contributed by atoms with Gasteiger partial charge in [-0.1, -0.05) is 0 Å². The molecule has 0 bridgehead atoms. The normalized spacial score (nSPS) is 10.4. The summed E-state index contributed by atoms with van der Waals surface area (Å²) in [4.78, 5) is 14.5. The van der Waals surface area contributed by atoms with E-state index in [0.717, 1.165) is 15.7 Å². The van der Waals surface area contributed by atoms with Crippen molar-refractivity contribution in [1.82, 2.24) is 4.98 Å². The van der Waals surface area contributed by atoms with Gasteiger partial charge < -0.3 is 14.5 Å². The maximum atomic E-state index is 11.5. The number of esters is 1. The van der Waals surface area contributed by atoms with Crippen LogP contribution in [0.4, 0.5) is 0 Å². The fraction of sp³-hybridized carbons (Fsp3) is 0.500. The number of nitrogens with one attached hydrogen (secondary N) is 1. The molecule has 1 N–H and O–H groups in total. The van der Waals surface area contributed by atoms with Crippen molar-refractivity contribution < 1.29 is 14.3 Å². The molecule has 0 amide bonds. The summed E-state index contributed by atoms with van der Waals surface area (Å²) in [6, 6.07) is 0. The van der Waals surface area contributed by atoms with Crippen LogP contribution in [-0.2, 0) is 16.1 Å². The van der Waals surface area contributed by atoms with Crippen molar-refractivity contribution >= 4 is 21.9 Å². The Bertz CT molecular complexity index is 360. The molecule has 1 aromatic rings. The summed E-state index contributed by atoms with van der Waals surface area (Å²) < 4.78 is 10.8. The third kappa shape index (κ3) is 2.60. The molecular weight excluding hydrogens is 262 g/mol. The van der Waals surface area contributed by atoms with Crippen molar-refractivity contribution in [1.29, 1.82) is 0 Å². The standard InChI is InChI=1S/C10H14BrNO3/c1-4-15-10(13)9-6(2)8(11)7(12-9)5-14-3/h12H,4-5H2,1-3H3. The number of halogens is 1. The quantitative estimate of drug-likeness (QED) is 0.859. The predicted molar refractivity (Wildman–Crippen MR) is 59.9 cm³/mol. The number of carbonyl (C=O) groups excluding carboxylic acids is 1. The summed E-state index contributed by atoms with van der Waals surface area (Å²) in [5.41, 5.74) is 2.18. The Balaban J connectivity index is 2.99. The van der Waals surface area contributed by atoms with E-state index in [1.807, 2.05) is 6.92 Å². The highest BCUT2D eigenvalue weighted by Crippen LogP contribution is 2.25. The number of rotatable bonds is 4. The number of hydrogen-bond donors (Lipinski definition) is 1. The number of methoxy groups -OCH3 is 1. The third-order valence-electron chi connectivity index (χ3n) is 2.01. The lowest BCUT2D eigenvalue weighted by Crippen LogP contribution is -2.06. The second-order valence-corrected chi connectivity index (χ2v) is 3.86. The van der Waals surface area contributed by atoms with Crippen LogP contribution in [-0.4, -0.2) is 24.7 Å². The molecule has 0 saturated heterocycles. The maximum absolute atomic E-state index is 11.5. The highest BCUT2D eigenvalue weighted by atomic mass is 79.9. The fourth-order valence-corrected chi connectivity index (χ4v) is 1.70. The Labute approximate surface area is 97.1 Å². The first-order chi connectivity index (χ1) is 7.11. The molecular formula is C10H14BrNO3. The van der Waals surface area contributed by atoms with Gasteiger partial charge in [0.25, 0.3) is 0 Å². The number of hydrogen-bond acceptors (Lipinski definition) is 3. The number of aromatic nitrogens is 1. The van der Waals surface area contributed by atoms with E-state index in [1.54, 1.807) is 14.0 Å². The molecule has 0 aromatic carbocycles. The van der Waals surface area contributed by atoms with Gasteiger partial charge in [-0.2, -0.15) is 0 Å². The molecule has 84 valence electrons. The monoisotopic (exact) mass is 275 g/mol. The minimum atomic E-state index is -0.335. The van der Waals surface area contributed by atoms with Gasteiger partial charge in [0.15, 0.2) is 0 Å². The summed E-state index contributed by atoms with van der Waals surface area (Å²) in [5, 5.41) is 0. The Hall–Kier alpha value is -0.810. The molecule has 0 saturated carbocycles. The van der Waals surface area contributed by atoms with E-state index in [4.69, 9.17) is 9.47 Å². The van der Waals surface area contributed by atoms with Crippen molar-refractivity contribution in [2.24, 2.45) is 0 Å². The smallest absolute Gasteiger partial charge is 0.355 e. The topological polar surface area (TPSA) is 51.3 Å². The van der Waals surface area contributed by atoms with Crippen LogP contribution in [0.1, 0.15) is 28.7 Å². The first kappa shape index (κ1) is 12.3. The van der Waals surface area contributed by atoms with E-state index in [-0.39, 0.29) is 5.97 Å². The summed E-state index contributed by atoms with van der Waals surface area (Å²) >= 11 is 3.40. The van der Waals surface area contributed by atoms with Crippen LogP contribution >= 0.6 is 15.9 Å². The van der Waals surface area contributed by atoms with Gasteiger partial charge in [-0.3, -0.25) is 0 Å². The van der Waals surface area contributed by atoms with Crippen LogP contribution in [0.3, 0.4) is 0 Å². The van der Waals surface area contributed by atoms with Crippen LogP contribution in [0.25, 0.3) is 0 Å². The summed E-state index contributed by atoms with van der Waals surface area (Å²) in [7, 11) is 1.60. The molecule has 0 aliphatic heterocycles. The molecule has 0 fully saturated rings. The van der Waals surface area contributed by atoms with Crippen molar-refractivity contribution in [2.75, 3.05) is 13.7 Å². The van der Waals surface area contributed by atoms with Gasteiger partial charge in [-0.05, 0) is 35.3 Å². The van der Waals surface area contributed by atoms with Gasteiger partial charge >= 0.3 is 5.97 Å². The van der Waals surface area contributed by atoms with E-state index in [2.05, 4.69) is 20.9 Å². The predicted octanol–water partition coefficient (Wildman–Crippen LogP) is 2.41. The van der Waals surface area contributed by atoms with Gasteiger partial charge in [0.05, 0.1) is 18.9 Å². The molecule has 1 aromatic heterocycles. The summed E-state index contributed by atoms with van der Waals surface area (Å²) in [5.74, 6) is -0.335. The maximum Gasteiger partial charge on any atom is 0.355 e. The van der Waals surface area contributed by atoms with Crippen molar-refractivity contribution in [3.8, 4) is 0 Å². The second kappa shape index (κ2) is 5.32. The average molecular weight is 276 g/mol. The SMILES string of the molecule is CCOC(=O)c1[nH]c(COC)c(Br)c1C. The molecule has 0 radical (unpaired) electrons. The Kier molecular flexibility index (Phi) is 4.35. The van der Waals surface area contributed by atoms with Crippen molar-refractivity contribution in [2.45, 2.75) is 20.5 Å². The molecule has 0 spiro atoms. The molecule has 15 heavy (non-hydrogen) atoms. The van der Waals surface area contributed by atoms with Crippen molar-refractivity contribution in [3.63, 3.8) is 0 Å². The zero-order valence-corrected chi connectivity index (χ0v) is 10.6. The van der Waals surface area contributed by atoms with Gasteiger partial charge in [-0.15, -0.1) is 0 Å². The molecule has 0 aliphatic rings.